The molecule has 6 heteroatoms. The Labute approximate surface area is 201 Å². The summed E-state index contributed by atoms with van der Waals surface area (Å²) in [6.07, 6.45) is 6.48. The fourth-order valence-electron chi connectivity index (χ4n) is 6.33. The third-order valence-corrected chi connectivity index (χ3v) is 8.09. The number of imidazole rings is 1. The van der Waals surface area contributed by atoms with Crippen molar-refractivity contribution < 1.29 is 9.53 Å². The standard InChI is InChI=1S/C28H34N4O2/c1-18-13-23(21-7-8-25-26(15-21)30-19(2)29-25)14-24-17-32(11-12-34-27(18)24)28(33)31-10-9-20-5-3-4-6-22(20)16-31/h7-8,13-15,20,22H,3-6,9-12,16-17H2,1-2H3,(H,29,30). The van der Waals surface area contributed by atoms with Crippen LogP contribution in [0, 0.1) is 25.7 Å². The molecule has 1 aromatic heterocycles. The number of nitrogens with zero attached hydrogens (tertiary/aromatic N) is 3. The van der Waals surface area contributed by atoms with Crippen molar-refractivity contribution in [3.8, 4) is 16.9 Å². The van der Waals surface area contributed by atoms with Gasteiger partial charge in [-0.25, -0.2) is 9.78 Å². The van der Waals surface area contributed by atoms with Crippen LogP contribution in [0.25, 0.3) is 22.2 Å². The predicted octanol–water partition coefficient (Wildman–Crippen LogP) is 5.67. The second kappa shape index (κ2) is 8.64. The zero-order valence-corrected chi connectivity index (χ0v) is 20.3. The van der Waals surface area contributed by atoms with Gasteiger partial charge in [-0.3, -0.25) is 0 Å². The van der Waals surface area contributed by atoms with Crippen LogP contribution in [0.1, 0.15) is 49.1 Å². The fraction of sp³-hybridized carbons (Fsp3) is 0.500. The van der Waals surface area contributed by atoms with E-state index in [0.717, 1.165) is 70.3 Å². The van der Waals surface area contributed by atoms with Crippen LogP contribution in [0.5, 0.6) is 5.75 Å². The molecule has 2 aromatic carbocycles. The highest BCUT2D eigenvalue weighted by molar-refractivity contribution is 5.82. The number of H-pyrrole nitrogens is 1. The summed E-state index contributed by atoms with van der Waals surface area (Å²) in [5.74, 6) is 3.37. The third kappa shape index (κ3) is 3.93. The van der Waals surface area contributed by atoms with Gasteiger partial charge in [0.15, 0.2) is 0 Å². The Kier molecular flexibility index (Phi) is 5.47. The number of fused-ring (bicyclic) bond motifs is 3. The molecule has 3 aromatic rings. The third-order valence-electron chi connectivity index (χ3n) is 8.09. The first-order valence-corrected chi connectivity index (χ1v) is 12.8. The average molecular weight is 459 g/mol. The Morgan fingerprint density at radius 3 is 2.74 bits per heavy atom. The van der Waals surface area contributed by atoms with Crippen LogP contribution >= 0.6 is 0 Å². The number of likely N-dealkylation sites (tertiary alicyclic amines) is 1. The van der Waals surface area contributed by atoms with E-state index in [2.05, 4.69) is 52.1 Å². The van der Waals surface area contributed by atoms with Crippen molar-refractivity contribution in [3.63, 3.8) is 0 Å². The minimum Gasteiger partial charge on any atom is -0.491 e. The molecule has 3 aliphatic rings. The number of benzene rings is 2. The largest absolute Gasteiger partial charge is 0.491 e. The zero-order chi connectivity index (χ0) is 23.2. The number of hydrogen-bond donors (Lipinski definition) is 1. The van der Waals surface area contributed by atoms with E-state index < -0.39 is 0 Å². The average Bonchev–Trinajstić information content (AvgIpc) is 3.08. The summed E-state index contributed by atoms with van der Waals surface area (Å²) in [7, 11) is 0. The van der Waals surface area contributed by atoms with Crippen molar-refractivity contribution >= 4 is 17.1 Å². The predicted molar refractivity (Wildman–Crippen MR) is 134 cm³/mol. The Morgan fingerprint density at radius 2 is 1.85 bits per heavy atom. The van der Waals surface area contributed by atoms with Gasteiger partial charge in [0.25, 0.3) is 0 Å². The van der Waals surface area contributed by atoms with Crippen molar-refractivity contribution in [1.82, 2.24) is 19.8 Å². The first-order chi connectivity index (χ1) is 16.5. The summed E-state index contributed by atoms with van der Waals surface area (Å²) in [5.41, 5.74) is 6.52. The van der Waals surface area contributed by atoms with Crippen molar-refractivity contribution in [1.29, 1.82) is 0 Å². The number of amides is 2. The van der Waals surface area contributed by atoms with E-state index in [0.29, 0.717) is 25.6 Å². The summed E-state index contributed by atoms with van der Waals surface area (Å²) in [5, 5.41) is 0. The smallest absolute Gasteiger partial charge is 0.320 e. The van der Waals surface area contributed by atoms with Gasteiger partial charge < -0.3 is 19.5 Å². The topological polar surface area (TPSA) is 61.5 Å². The van der Waals surface area contributed by atoms with Crippen molar-refractivity contribution in [2.45, 2.75) is 52.5 Å². The number of aryl methyl sites for hydroxylation is 2. The maximum Gasteiger partial charge on any atom is 0.320 e. The number of aromatic nitrogens is 2. The maximum atomic E-state index is 13.6. The van der Waals surface area contributed by atoms with Gasteiger partial charge in [-0.1, -0.05) is 25.3 Å². The van der Waals surface area contributed by atoms with Crippen molar-refractivity contribution in [3.05, 3.63) is 47.3 Å². The normalized spacial score (nSPS) is 22.6. The molecule has 2 unspecified atom stereocenters. The van der Waals surface area contributed by atoms with E-state index in [1.807, 2.05) is 11.8 Å². The zero-order valence-electron chi connectivity index (χ0n) is 20.3. The molecule has 1 aliphatic carbocycles. The van der Waals surface area contributed by atoms with Crippen molar-refractivity contribution in [2.75, 3.05) is 26.2 Å². The SMILES string of the molecule is Cc1nc2ccc(-c3cc(C)c4c(c3)CN(C(=O)N3CCC5CCCCC5C3)CCO4)cc2[nH]1. The van der Waals surface area contributed by atoms with Gasteiger partial charge in [0.1, 0.15) is 18.2 Å². The number of aromatic amines is 1. The van der Waals surface area contributed by atoms with Gasteiger partial charge in [0.05, 0.1) is 24.1 Å². The number of carbonyl (C=O) groups is 1. The van der Waals surface area contributed by atoms with Crippen LogP contribution in [0.4, 0.5) is 4.79 Å². The summed E-state index contributed by atoms with van der Waals surface area (Å²) in [6, 6.07) is 10.9. The summed E-state index contributed by atoms with van der Waals surface area (Å²) in [4.78, 5) is 25.5. The van der Waals surface area contributed by atoms with Crippen LogP contribution in [-0.2, 0) is 6.54 Å². The molecule has 1 saturated carbocycles. The Balaban J connectivity index is 1.26. The molecule has 2 amide bonds. The van der Waals surface area contributed by atoms with Gasteiger partial charge in [-0.05, 0) is 79.5 Å². The Morgan fingerprint density at radius 1 is 1.00 bits per heavy atom. The highest BCUT2D eigenvalue weighted by atomic mass is 16.5. The second-order valence-electron chi connectivity index (χ2n) is 10.4. The summed E-state index contributed by atoms with van der Waals surface area (Å²) >= 11 is 0. The van der Waals surface area contributed by atoms with Gasteiger partial charge in [0, 0.05) is 18.7 Å². The molecular formula is C28H34N4O2. The first kappa shape index (κ1) is 21.5. The molecule has 2 aliphatic heterocycles. The highest BCUT2D eigenvalue weighted by Crippen LogP contribution is 2.37. The van der Waals surface area contributed by atoms with E-state index in [-0.39, 0.29) is 6.03 Å². The molecular weight excluding hydrogens is 424 g/mol. The van der Waals surface area contributed by atoms with E-state index >= 15 is 0 Å². The van der Waals surface area contributed by atoms with Crippen LogP contribution in [-0.4, -0.2) is 52.0 Å². The van der Waals surface area contributed by atoms with Crippen LogP contribution in [0.3, 0.4) is 0 Å². The molecule has 1 saturated heterocycles. The van der Waals surface area contributed by atoms with E-state index in [4.69, 9.17) is 4.74 Å². The van der Waals surface area contributed by atoms with Gasteiger partial charge >= 0.3 is 6.03 Å². The lowest BCUT2D eigenvalue weighted by molar-refractivity contribution is 0.0811. The quantitative estimate of drug-likeness (QED) is 0.511. The first-order valence-electron chi connectivity index (χ1n) is 12.8. The highest BCUT2D eigenvalue weighted by Gasteiger charge is 2.35. The van der Waals surface area contributed by atoms with Gasteiger partial charge in [0.2, 0.25) is 0 Å². The van der Waals surface area contributed by atoms with Gasteiger partial charge in [-0.2, -0.15) is 0 Å². The van der Waals surface area contributed by atoms with Crippen LogP contribution in [0.15, 0.2) is 30.3 Å². The molecule has 34 heavy (non-hydrogen) atoms. The van der Waals surface area contributed by atoms with E-state index in [1.54, 1.807) is 0 Å². The molecule has 6 nitrogen and oxygen atoms in total. The number of piperidine rings is 1. The molecule has 0 spiro atoms. The van der Waals surface area contributed by atoms with Gasteiger partial charge in [-0.15, -0.1) is 0 Å². The lowest BCUT2D eigenvalue weighted by Gasteiger charge is -2.42. The summed E-state index contributed by atoms with van der Waals surface area (Å²) < 4.78 is 6.17. The number of urea groups is 1. The minimum absolute atomic E-state index is 0.179. The Hall–Kier alpha value is -3.02. The second-order valence-corrected chi connectivity index (χ2v) is 10.4. The summed E-state index contributed by atoms with van der Waals surface area (Å²) in [6.45, 7) is 7.67. The number of nitrogens with one attached hydrogen (secondary N) is 1. The monoisotopic (exact) mass is 458 g/mol. The van der Waals surface area contributed by atoms with Crippen LogP contribution in [0.2, 0.25) is 0 Å². The fourth-order valence-corrected chi connectivity index (χ4v) is 6.33. The van der Waals surface area contributed by atoms with E-state index in [1.165, 1.54) is 25.7 Å². The molecule has 0 radical (unpaired) electrons. The number of carbonyl (C=O) groups excluding carboxylic acids is 1. The lowest BCUT2D eigenvalue weighted by Crippen LogP contribution is -2.50. The number of rotatable bonds is 1. The number of ether oxygens (including phenoxy) is 1. The molecule has 3 heterocycles. The number of hydrogen-bond acceptors (Lipinski definition) is 3. The molecule has 6 rings (SSSR count). The molecule has 2 atom stereocenters. The molecule has 1 N–H and O–H groups in total. The molecule has 178 valence electrons. The van der Waals surface area contributed by atoms with Crippen LogP contribution < -0.4 is 4.74 Å². The lowest BCUT2D eigenvalue weighted by atomic mass is 9.75. The molecule has 2 fully saturated rings. The minimum atomic E-state index is 0.179. The maximum absolute atomic E-state index is 13.6. The van der Waals surface area contributed by atoms with Crippen molar-refractivity contribution in [2.24, 2.45) is 11.8 Å². The molecule has 0 bridgehead atoms. The van der Waals surface area contributed by atoms with E-state index in [9.17, 15) is 4.79 Å². The Bertz CT molecular complexity index is 1230.